The molecule has 2 heterocycles. The van der Waals surface area contributed by atoms with Gasteiger partial charge in [-0.2, -0.15) is 0 Å². The molecule has 100 valence electrons. The van der Waals surface area contributed by atoms with E-state index in [2.05, 4.69) is 5.32 Å². The van der Waals surface area contributed by atoms with Gasteiger partial charge in [0.15, 0.2) is 0 Å². The Bertz CT molecular complexity index is 239. The van der Waals surface area contributed by atoms with Crippen LogP contribution < -0.4 is 5.32 Å². The van der Waals surface area contributed by atoms with Crippen molar-refractivity contribution in [2.24, 2.45) is 5.92 Å². The minimum absolute atomic E-state index is 0. The highest BCUT2D eigenvalue weighted by Crippen LogP contribution is 2.16. The molecule has 0 aliphatic carbocycles. The van der Waals surface area contributed by atoms with Gasteiger partial charge in [-0.05, 0) is 38.1 Å². The number of nitrogens with zero attached hydrogens (tertiary/aromatic N) is 1. The first kappa shape index (κ1) is 14.7. The van der Waals surface area contributed by atoms with Crippen molar-refractivity contribution in [3.05, 3.63) is 0 Å². The number of hydrogen-bond donors (Lipinski definition) is 1. The Hall–Kier alpha value is -0.320. The maximum atomic E-state index is 12.1. The number of amides is 1. The van der Waals surface area contributed by atoms with Crippen LogP contribution in [-0.4, -0.2) is 50.2 Å². The average Bonchev–Trinajstić information content (AvgIpc) is 2.83. The lowest BCUT2D eigenvalue weighted by molar-refractivity contribution is -0.132. The molecule has 1 unspecified atom stereocenters. The SMILES string of the molecule is CN(CC1CCOCC1)C(=O)C1CCCN1.Cl. The summed E-state index contributed by atoms with van der Waals surface area (Å²) in [7, 11) is 1.93. The Labute approximate surface area is 109 Å². The zero-order valence-electron chi connectivity index (χ0n) is 10.5. The van der Waals surface area contributed by atoms with Gasteiger partial charge in [-0.1, -0.05) is 0 Å². The molecule has 0 spiro atoms. The zero-order chi connectivity index (χ0) is 11.4. The lowest BCUT2D eigenvalue weighted by Crippen LogP contribution is -2.44. The Kier molecular flexibility index (Phi) is 6.23. The first-order valence-corrected chi connectivity index (χ1v) is 6.33. The molecule has 1 amide bonds. The minimum atomic E-state index is 0. The molecule has 0 saturated carbocycles. The van der Waals surface area contributed by atoms with Gasteiger partial charge in [-0.25, -0.2) is 0 Å². The quantitative estimate of drug-likeness (QED) is 0.827. The Morgan fingerprint density at radius 3 is 2.65 bits per heavy atom. The van der Waals surface area contributed by atoms with E-state index in [1.807, 2.05) is 11.9 Å². The van der Waals surface area contributed by atoms with Crippen LogP contribution in [-0.2, 0) is 9.53 Å². The zero-order valence-corrected chi connectivity index (χ0v) is 11.3. The normalized spacial score (nSPS) is 25.4. The van der Waals surface area contributed by atoms with Crippen LogP contribution in [0.3, 0.4) is 0 Å². The van der Waals surface area contributed by atoms with Crippen molar-refractivity contribution < 1.29 is 9.53 Å². The van der Waals surface area contributed by atoms with Gasteiger partial charge in [0, 0.05) is 26.8 Å². The molecule has 2 fully saturated rings. The minimum Gasteiger partial charge on any atom is -0.381 e. The molecule has 17 heavy (non-hydrogen) atoms. The van der Waals surface area contributed by atoms with Gasteiger partial charge in [0.25, 0.3) is 0 Å². The smallest absolute Gasteiger partial charge is 0.239 e. The Morgan fingerprint density at radius 2 is 2.06 bits per heavy atom. The van der Waals surface area contributed by atoms with Crippen LogP contribution in [0.2, 0.25) is 0 Å². The largest absolute Gasteiger partial charge is 0.381 e. The van der Waals surface area contributed by atoms with E-state index in [0.29, 0.717) is 5.92 Å². The van der Waals surface area contributed by atoms with E-state index in [1.54, 1.807) is 0 Å². The van der Waals surface area contributed by atoms with Crippen molar-refractivity contribution in [3.63, 3.8) is 0 Å². The molecular formula is C12H23ClN2O2. The number of carbonyl (C=O) groups excluding carboxylic acids is 1. The first-order chi connectivity index (χ1) is 7.77. The number of halogens is 1. The van der Waals surface area contributed by atoms with E-state index < -0.39 is 0 Å². The summed E-state index contributed by atoms with van der Waals surface area (Å²) in [5, 5.41) is 3.26. The third kappa shape index (κ3) is 4.12. The maximum absolute atomic E-state index is 12.1. The molecule has 2 aliphatic rings. The topological polar surface area (TPSA) is 41.6 Å². The van der Waals surface area contributed by atoms with Gasteiger partial charge in [-0.15, -0.1) is 12.4 Å². The third-order valence-corrected chi connectivity index (χ3v) is 3.61. The Morgan fingerprint density at radius 1 is 1.35 bits per heavy atom. The van der Waals surface area contributed by atoms with E-state index >= 15 is 0 Å². The van der Waals surface area contributed by atoms with E-state index in [-0.39, 0.29) is 24.4 Å². The van der Waals surface area contributed by atoms with Crippen molar-refractivity contribution in [2.45, 2.75) is 31.7 Å². The molecule has 2 saturated heterocycles. The highest BCUT2D eigenvalue weighted by atomic mass is 35.5. The van der Waals surface area contributed by atoms with Gasteiger partial charge in [0.2, 0.25) is 5.91 Å². The molecule has 0 aromatic carbocycles. The third-order valence-electron chi connectivity index (χ3n) is 3.61. The van der Waals surface area contributed by atoms with E-state index in [4.69, 9.17) is 4.74 Å². The van der Waals surface area contributed by atoms with Crippen molar-refractivity contribution in [1.29, 1.82) is 0 Å². The number of hydrogen-bond acceptors (Lipinski definition) is 3. The van der Waals surface area contributed by atoms with E-state index in [1.165, 1.54) is 0 Å². The summed E-state index contributed by atoms with van der Waals surface area (Å²) in [5.41, 5.74) is 0. The van der Waals surface area contributed by atoms with Gasteiger partial charge in [-0.3, -0.25) is 4.79 Å². The molecular weight excluding hydrogens is 240 g/mol. The molecule has 2 aliphatic heterocycles. The van der Waals surface area contributed by atoms with Crippen LogP contribution in [0.1, 0.15) is 25.7 Å². The first-order valence-electron chi connectivity index (χ1n) is 6.33. The fourth-order valence-electron chi connectivity index (χ4n) is 2.57. The maximum Gasteiger partial charge on any atom is 0.239 e. The van der Waals surface area contributed by atoms with Gasteiger partial charge in [0.05, 0.1) is 6.04 Å². The van der Waals surface area contributed by atoms with Crippen LogP contribution in [0, 0.1) is 5.92 Å². The second-order valence-electron chi connectivity index (χ2n) is 4.92. The highest BCUT2D eigenvalue weighted by molar-refractivity contribution is 5.85. The second kappa shape index (κ2) is 7.19. The number of nitrogens with one attached hydrogen (secondary N) is 1. The van der Waals surface area contributed by atoms with Crippen LogP contribution in [0.5, 0.6) is 0 Å². The lowest BCUT2D eigenvalue weighted by Gasteiger charge is -2.28. The summed E-state index contributed by atoms with van der Waals surface area (Å²) in [6, 6.07) is 0.0739. The van der Waals surface area contributed by atoms with Crippen LogP contribution >= 0.6 is 12.4 Å². The lowest BCUT2D eigenvalue weighted by atomic mass is 9.99. The van der Waals surface area contributed by atoms with Gasteiger partial charge >= 0.3 is 0 Å². The summed E-state index contributed by atoms with van der Waals surface area (Å²) in [6.45, 7) is 3.59. The van der Waals surface area contributed by atoms with Crippen LogP contribution in [0.15, 0.2) is 0 Å². The molecule has 0 bridgehead atoms. The number of rotatable bonds is 3. The molecule has 1 atom stereocenters. The Balaban J connectivity index is 0.00000144. The summed E-state index contributed by atoms with van der Waals surface area (Å²) in [6.07, 6.45) is 4.31. The monoisotopic (exact) mass is 262 g/mol. The van der Waals surface area contributed by atoms with Crippen molar-refractivity contribution >= 4 is 18.3 Å². The van der Waals surface area contributed by atoms with Crippen LogP contribution in [0.4, 0.5) is 0 Å². The average molecular weight is 263 g/mol. The number of ether oxygens (including phenoxy) is 1. The second-order valence-corrected chi connectivity index (χ2v) is 4.92. The fourth-order valence-corrected chi connectivity index (χ4v) is 2.57. The van der Waals surface area contributed by atoms with Gasteiger partial charge < -0.3 is 15.0 Å². The molecule has 0 radical (unpaired) electrons. The van der Waals surface area contributed by atoms with Crippen molar-refractivity contribution in [3.8, 4) is 0 Å². The predicted molar refractivity (Wildman–Crippen MR) is 69.5 cm³/mol. The summed E-state index contributed by atoms with van der Waals surface area (Å²) in [4.78, 5) is 14.0. The predicted octanol–water partition coefficient (Wildman–Crippen LogP) is 1.05. The van der Waals surface area contributed by atoms with E-state index in [0.717, 1.165) is 52.0 Å². The molecule has 5 heteroatoms. The van der Waals surface area contributed by atoms with E-state index in [9.17, 15) is 4.79 Å². The number of carbonyl (C=O) groups is 1. The standard InChI is InChI=1S/C12H22N2O2.ClH/c1-14(9-10-4-7-16-8-5-10)12(15)11-3-2-6-13-11;/h10-11,13H,2-9H2,1H3;1H. The molecule has 0 aromatic rings. The van der Waals surface area contributed by atoms with Crippen molar-refractivity contribution in [2.75, 3.05) is 33.4 Å². The van der Waals surface area contributed by atoms with Crippen LogP contribution in [0.25, 0.3) is 0 Å². The summed E-state index contributed by atoms with van der Waals surface area (Å²) < 4.78 is 5.33. The highest BCUT2D eigenvalue weighted by Gasteiger charge is 2.26. The van der Waals surface area contributed by atoms with Gasteiger partial charge in [0.1, 0.15) is 0 Å². The molecule has 0 aromatic heterocycles. The van der Waals surface area contributed by atoms with Crippen molar-refractivity contribution in [1.82, 2.24) is 10.2 Å². The fraction of sp³-hybridized carbons (Fsp3) is 0.917. The summed E-state index contributed by atoms with van der Waals surface area (Å²) >= 11 is 0. The number of likely N-dealkylation sites (N-methyl/N-ethyl adjacent to an activating group) is 1. The molecule has 1 N–H and O–H groups in total. The molecule has 2 rings (SSSR count). The molecule has 4 nitrogen and oxygen atoms in total. The summed E-state index contributed by atoms with van der Waals surface area (Å²) in [5.74, 6) is 0.896.